The standard InChI is InChI=1S/C20H42O4S/c1-3-5-6-7-8-9-10-11-12-13-14-16-20(25(22,23)24)18-17-19(21)15-4-2/h19-21H,3-18H2,1-2H3,(H,22,23,24). The Morgan fingerprint density at radius 2 is 1.12 bits per heavy atom. The monoisotopic (exact) mass is 378 g/mol. The van der Waals surface area contributed by atoms with E-state index in [1.165, 1.54) is 51.4 Å². The minimum atomic E-state index is -4.00. The lowest BCUT2D eigenvalue weighted by atomic mass is 10.0. The van der Waals surface area contributed by atoms with Crippen molar-refractivity contribution in [3.63, 3.8) is 0 Å². The molecule has 0 amide bonds. The van der Waals surface area contributed by atoms with Crippen molar-refractivity contribution in [2.75, 3.05) is 0 Å². The van der Waals surface area contributed by atoms with E-state index in [2.05, 4.69) is 6.92 Å². The zero-order chi connectivity index (χ0) is 19.0. The van der Waals surface area contributed by atoms with E-state index >= 15 is 0 Å². The summed E-state index contributed by atoms with van der Waals surface area (Å²) in [6, 6.07) is 0. The molecule has 0 fully saturated rings. The second-order valence-electron chi connectivity index (χ2n) is 7.48. The molecule has 0 saturated heterocycles. The van der Waals surface area contributed by atoms with Crippen LogP contribution in [0.1, 0.15) is 117 Å². The fourth-order valence-electron chi connectivity index (χ4n) is 3.33. The third kappa shape index (κ3) is 15.8. The van der Waals surface area contributed by atoms with Gasteiger partial charge in [0.15, 0.2) is 0 Å². The summed E-state index contributed by atoms with van der Waals surface area (Å²) in [5, 5.41) is 9.04. The van der Waals surface area contributed by atoms with Gasteiger partial charge in [0.2, 0.25) is 0 Å². The van der Waals surface area contributed by atoms with E-state index in [0.717, 1.165) is 25.7 Å². The molecule has 25 heavy (non-hydrogen) atoms. The Kier molecular flexibility index (Phi) is 16.0. The van der Waals surface area contributed by atoms with Crippen molar-refractivity contribution in [1.82, 2.24) is 0 Å². The average Bonchev–Trinajstić information content (AvgIpc) is 2.54. The van der Waals surface area contributed by atoms with Gasteiger partial charge in [-0.2, -0.15) is 8.42 Å². The number of hydrogen-bond donors (Lipinski definition) is 2. The lowest BCUT2D eigenvalue weighted by molar-refractivity contribution is 0.150. The van der Waals surface area contributed by atoms with Crippen molar-refractivity contribution < 1.29 is 18.1 Å². The topological polar surface area (TPSA) is 74.6 Å². The smallest absolute Gasteiger partial charge is 0.267 e. The van der Waals surface area contributed by atoms with Crippen LogP contribution in [0.5, 0.6) is 0 Å². The van der Waals surface area contributed by atoms with Crippen molar-refractivity contribution >= 4 is 10.1 Å². The molecule has 2 atom stereocenters. The Bertz CT molecular complexity index is 381. The van der Waals surface area contributed by atoms with Gasteiger partial charge in [0.25, 0.3) is 10.1 Å². The van der Waals surface area contributed by atoms with Gasteiger partial charge in [-0.25, -0.2) is 0 Å². The van der Waals surface area contributed by atoms with Gasteiger partial charge in [-0.15, -0.1) is 0 Å². The highest BCUT2D eigenvalue weighted by Gasteiger charge is 2.23. The molecule has 0 aromatic heterocycles. The molecule has 0 aromatic rings. The summed E-state index contributed by atoms with van der Waals surface area (Å²) in [6.07, 6.45) is 16.0. The van der Waals surface area contributed by atoms with Gasteiger partial charge >= 0.3 is 0 Å². The molecule has 152 valence electrons. The number of rotatable bonds is 18. The van der Waals surface area contributed by atoms with E-state index in [1.807, 2.05) is 6.92 Å². The van der Waals surface area contributed by atoms with Crippen molar-refractivity contribution in [3.8, 4) is 0 Å². The fraction of sp³-hybridized carbons (Fsp3) is 1.00. The summed E-state index contributed by atoms with van der Waals surface area (Å²) in [4.78, 5) is 0. The Balaban J connectivity index is 3.72. The van der Waals surface area contributed by atoms with Crippen molar-refractivity contribution in [1.29, 1.82) is 0 Å². The van der Waals surface area contributed by atoms with E-state index in [1.54, 1.807) is 0 Å². The first-order chi connectivity index (χ1) is 11.9. The summed E-state index contributed by atoms with van der Waals surface area (Å²) >= 11 is 0. The van der Waals surface area contributed by atoms with E-state index < -0.39 is 21.5 Å². The van der Waals surface area contributed by atoms with Crippen molar-refractivity contribution in [2.24, 2.45) is 0 Å². The highest BCUT2D eigenvalue weighted by Crippen LogP contribution is 2.19. The van der Waals surface area contributed by atoms with Crippen LogP contribution in [0.3, 0.4) is 0 Å². The molecule has 0 aliphatic heterocycles. The maximum atomic E-state index is 11.5. The van der Waals surface area contributed by atoms with E-state index in [-0.39, 0.29) is 0 Å². The molecule has 0 bridgehead atoms. The van der Waals surface area contributed by atoms with Crippen LogP contribution < -0.4 is 0 Å². The van der Waals surface area contributed by atoms with E-state index in [9.17, 15) is 18.1 Å². The molecule has 2 N–H and O–H groups in total. The molecule has 0 radical (unpaired) electrons. The number of hydrogen-bond acceptors (Lipinski definition) is 3. The first-order valence-corrected chi connectivity index (χ1v) is 12.1. The molecule has 2 unspecified atom stereocenters. The molecule has 0 aromatic carbocycles. The summed E-state index contributed by atoms with van der Waals surface area (Å²) in [6.45, 7) is 4.23. The van der Waals surface area contributed by atoms with Gasteiger partial charge < -0.3 is 5.11 Å². The second kappa shape index (κ2) is 16.1. The SMILES string of the molecule is CCCCCCCCCCCCCC(CCC(O)CCC)S(=O)(=O)O. The quantitative estimate of drug-likeness (QED) is 0.230. The van der Waals surface area contributed by atoms with Crippen LogP contribution in [0.4, 0.5) is 0 Å². The van der Waals surface area contributed by atoms with Crippen LogP contribution >= 0.6 is 0 Å². The van der Waals surface area contributed by atoms with Gasteiger partial charge in [0.1, 0.15) is 0 Å². The largest absolute Gasteiger partial charge is 0.393 e. The van der Waals surface area contributed by atoms with Gasteiger partial charge in [-0.3, -0.25) is 4.55 Å². The third-order valence-corrected chi connectivity index (χ3v) is 6.31. The first kappa shape index (κ1) is 24.9. The molecule has 0 aliphatic rings. The molecular weight excluding hydrogens is 336 g/mol. The van der Waals surface area contributed by atoms with Crippen molar-refractivity contribution in [3.05, 3.63) is 0 Å². The third-order valence-electron chi connectivity index (χ3n) is 4.99. The minimum absolute atomic E-state index is 0.359. The predicted octanol–water partition coefficient (Wildman–Crippen LogP) is 5.89. The molecule has 0 rings (SSSR count). The number of aliphatic hydroxyl groups excluding tert-OH is 1. The summed E-state index contributed by atoms with van der Waals surface area (Å²) < 4.78 is 32.3. The average molecular weight is 379 g/mol. The lowest BCUT2D eigenvalue weighted by Gasteiger charge is -2.16. The summed E-state index contributed by atoms with van der Waals surface area (Å²) in [5.41, 5.74) is 0. The molecule has 0 spiro atoms. The molecule has 5 heteroatoms. The fourth-order valence-corrected chi connectivity index (χ4v) is 4.23. The Hall–Kier alpha value is -0.130. The molecule has 4 nitrogen and oxygen atoms in total. The maximum absolute atomic E-state index is 11.5. The van der Waals surface area contributed by atoms with Gasteiger partial charge in [-0.05, 0) is 25.7 Å². The van der Waals surface area contributed by atoms with Crippen LogP contribution in [0, 0.1) is 0 Å². The molecule has 0 saturated carbocycles. The van der Waals surface area contributed by atoms with Crippen LogP contribution in [-0.2, 0) is 10.1 Å². The maximum Gasteiger partial charge on any atom is 0.267 e. The molecular formula is C20H42O4S. The minimum Gasteiger partial charge on any atom is -0.393 e. The van der Waals surface area contributed by atoms with Crippen LogP contribution in [0.25, 0.3) is 0 Å². The number of unbranched alkanes of at least 4 members (excludes halogenated alkanes) is 10. The first-order valence-electron chi connectivity index (χ1n) is 10.6. The van der Waals surface area contributed by atoms with Crippen molar-refractivity contribution in [2.45, 2.75) is 128 Å². The number of aliphatic hydroxyl groups is 1. The highest BCUT2D eigenvalue weighted by atomic mass is 32.2. The summed E-state index contributed by atoms with van der Waals surface area (Å²) in [5.74, 6) is 0. The van der Waals surface area contributed by atoms with Gasteiger partial charge in [-0.1, -0.05) is 90.9 Å². The normalized spacial score (nSPS) is 14.6. The van der Waals surface area contributed by atoms with E-state index in [4.69, 9.17) is 0 Å². The lowest BCUT2D eigenvalue weighted by Crippen LogP contribution is -2.22. The zero-order valence-electron chi connectivity index (χ0n) is 16.6. The van der Waals surface area contributed by atoms with Crippen LogP contribution in [-0.4, -0.2) is 29.4 Å². The molecule has 0 aliphatic carbocycles. The second-order valence-corrected chi connectivity index (χ2v) is 9.18. The van der Waals surface area contributed by atoms with E-state index in [0.29, 0.717) is 25.7 Å². The zero-order valence-corrected chi connectivity index (χ0v) is 17.4. The Labute approximate surface area is 156 Å². The van der Waals surface area contributed by atoms with Gasteiger partial charge in [0, 0.05) is 0 Å². The Morgan fingerprint density at radius 3 is 1.56 bits per heavy atom. The summed E-state index contributed by atoms with van der Waals surface area (Å²) in [7, 11) is -4.00. The van der Waals surface area contributed by atoms with Crippen LogP contribution in [0.15, 0.2) is 0 Å². The highest BCUT2D eigenvalue weighted by molar-refractivity contribution is 7.86. The van der Waals surface area contributed by atoms with Gasteiger partial charge in [0.05, 0.1) is 11.4 Å². The Morgan fingerprint density at radius 1 is 0.640 bits per heavy atom. The predicted molar refractivity (Wildman–Crippen MR) is 107 cm³/mol. The van der Waals surface area contributed by atoms with Crippen LogP contribution in [0.2, 0.25) is 0 Å². The molecule has 0 heterocycles.